The highest BCUT2D eigenvalue weighted by molar-refractivity contribution is 5.95. The molecule has 3 heteroatoms. The van der Waals surface area contributed by atoms with Crippen molar-refractivity contribution in [2.75, 3.05) is 0 Å². The predicted octanol–water partition coefficient (Wildman–Crippen LogP) is 3.21. The van der Waals surface area contributed by atoms with Crippen LogP contribution >= 0.6 is 0 Å². The summed E-state index contributed by atoms with van der Waals surface area (Å²) in [6, 6.07) is 9.79. The lowest BCUT2D eigenvalue weighted by Crippen LogP contribution is -2.34. The normalized spacial score (nSPS) is 16.4. The smallest absolute Gasteiger partial charge is 0.251 e. The second kappa shape index (κ2) is 6.94. The molecule has 0 aromatic heterocycles. The number of nitrogens with zero attached hydrogens (tertiary/aromatic N) is 1. The number of nitrogens with one attached hydrogen (secondary N) is 1. The van der Waals surface area contributed by atoms with E-state index < -0.39 is 0 Å². The third-order valence-corrected chi connectivity index (χ3v) is 3.72. The Bertz CT molecular complexity index is 468. The lowest BCUT2D eigenvalue weighted by atomic mass is 10.0. The van der Waals surface area contributed by atoms with E-state index in [-0.39, 0.29) is 12.3 Å². The van der Waals surface area contributed by atoms with Crippen LogP contribution in [0.1, 0.15) is 54.4 Å². The van der Waals surface area contributed by atoms with Crippen molar-refractivity contribution < 1.29 is 4.79 Å². The average Bonchev–Trinajstić information content (AvgIpc) is 2.68. The van der Waals surface area contributed by atoms with E-state index >= 15 is 0 Å². The number of benzene rings is 1. The first kappa shape index (κ1) is 13.6. The molecule has 0 aliphatic heterocycles. The zero-order valence-electron chi connectivity index (χ0n) is 11.2. The van der Waals surface area contributed by atoms with Crippen LogP contribution < -0.4 is 5.32 Å². The molecule has 1 aliphatic carbocycles. The van der Waals surface area contributed by atoms with Crippen LogP contribution in [0.4, 0.5) is 0 Å². The first-order valence-electron chi connectivity index (χ1n) is 7.07. The summed E-state index contributed by atoms with van der Waals surface area (Å²) in [6.07, 6.45) is 7.39. The summed E-state index contributed by atoms with van der Waals surface area (Å²) >= 11 is 0. The summed E-state index contributed by atoms with van der Waals surface area (Å²) in [5.74, 6) is -0.0299. The highest BCUT2D eigenvalue weighted by atomic mass is 16.1. The molecule has 0 spiro atoms. The van der Waals surface area contributed by atoms with E-state index in [0.717, 1.165) is 18.4 Å². The number of amides is 1. The van der Waals surface area contributed by atoms with E-state index in [1.54, 1.807) is 6.07 Å². The zero-order chi connectivity index (χ0) is 13.5. The van der Waals surface area contributed by atoms with Gasteiger partial charge < -0.3 is 5.32 Å². The molecule has 0 radical (unpaired) electrons. The molecule has 1 saturated carbocycles. The highest BCUT2D eigenvalue weighted by Crippen LogP contribution is 2.18. The minimum absolute atomic E-state index is 0.0299. The van der Waals surface area contributed by atoms with Crippen molar-refractivity contribution in [1.29, 1.82) is 5.26 Å². The summed E-state index contributed by atoms with van der Waals surface area (Å²) in [5, 5.41) is 11.9. The number of nitriles is 1. The molecule has 1 aromatic rings. The molecule has 1 amide bonds. The number of rotatable bonds is 3. The van der Waals surface area contributed by atoms with Crippen LogP contribution in [-0.4, -0.2) is 11.9 Å². The van der Waals surface area contributed by atoms with Gasteiger partial charge in [0.25, 0.3) is 5.91 Å². The van der Waals surface area contributed by atoms with Crippen molar-refractivity contribution in [3.8, 4) is 6.07 Å². The number of carbonyl (C=O) groups is 1. The van der Waals surface area contributed by atoms with E-state index in [1.807, 2.05) is 18.2 Å². The van der Waals surface area contributed by atoms with Gasteiger partial charge in [-0.05, 0) is 24.5 Å². The molecule has 0 heterocycles. The first-order valence-corrected chi connectivity index (χ1v) is 7.07. The standard InChI is InChI=1S/C16H20N2O/c17-12-11-13-7-5-6-10-15(13)16(19)18-14-8-3-1-2-4-9-14/h5-7,10,14H,1-4,8-9,11H2,(H,18,19). The van der Waals surface area contributed by atoms with Gasteiger partial charge in [-0.3, -0.25) is 4.79 Å². The van der Waals surface area contributed by atoms with Gasteiger partial charge in [0.1, 0.15) is 0 Å². The van der Waals surface area contributed by atoms with Crippen molar-refractivity contribution in [2.24, 2.45) is 0 Å². The monoisotopic (exact) mass is 256 g/mol. The lowest BCUT2D eigenvalue weighted by molar-refractivity contribution is 0.0932. The third kappa shape index (κ3) is 3.82. The summed E-state index contributed by atoms with van der Waals surface area (Å²) in [6.45, 7) is 0. The quantitative estimate of drug-likeness (QED) is 0.844. The Balaban J connectivity index is 2.04. The summed E-state index contributed by atoms with van der Waals surface area (Å²) < 4.78 is 0. The molecule has 1 fully saturated rings. The SMILES string of the molecule is N#CCc1ccccc1C(=O)NC1CCCCCC1. The lowest BCUT2D eigenvalue weighted by Gasteiger charge is -2.17. The Morgan fingerprint density at radius 3 is 2.58 bits per heavy atom. The molecular formula is C16H20N2O. The molecule has 1 aliphatic rings. The molecule has 19 heavy (non-hydrogen) atoms. The van der Waals surface area contributed by atoms with Crippen molar-refractivity contribution in [3.63, 3.8) is 0 Å². The van der Waals surface area contributed by atoms with E-state index in [4.69, 9.17) is 5.26 Å². The number of carbonyl (C=O) groups excluding carboxylic acids is 1. The van der Waals surface area contributed by atoms with Gasteiger partial charge in [-0.1, -0.05) is 43.9 Å². The summed E-state index contributed by atoms with van der Waals surface area (Å²) in [5.41, 5.74) is 1.46. The molecule has 100 valence electrons. The van der Waals surface area contributed by atoms with Gasteiger partial charge in [0.15, 0.2) is 0 Å². The van der Waals surface area contributed by atoms with E-state index in [0.29, 0.717) is 11.6 Å². The maximum absolute atomic E-state index is 12.3. The Morgan fingerprint density at radius 1 is 1.21 bits per heavy atom. The average molecular weight is 256 g/mol. The minimum Gasteiger partial charge on any atom is -0.349 e. The van der Waals surface area contributed by atoms with Gasteiger partial charge in [-0.25, -0.2) is 0 Å². The van der Waals surface area contributed by atoms with E-state index in [9.17, 15) is 4.79 Å². The maximum atomic E-state index is 12.3. The maximum Gasteiger partial charge on any atom is 0.251 e. The van der Waals surface area contributed by atoms with Crippen molar-refractivity contribution in [2.45, 2.75) is 51.0 Å². The van der Waals surface area contributed by atoms with Gasteiger partial charge in [0.2, 0.25) is 0 Å². The largest absolute Gasteiger partial charge is 0.349 e. The van der Waals surface area contributed by atoms with Crippen molar-refractivity contribution in [3.05, 3.63) is 35.4 Å². The summed E-state index contributed by atoms with van der Waals surface area (Å²) in [4.78, 5) is 12.3. The predicted molar refractivity (Wildman–Crippen MR) is 74.7 cm³/mol. The summed E-state index contributed by atoms with van der Waals surface area (Å²) in [7, 11) is 0. The molecule has 0 unspecified atom stereocenters. The fourth-order valence-electron chi connectivity index (χ4n) is 2.67. The molecule has 1 N–H and O–H groups in total. The van der Waals surface area contributed by atoms with Crippen LogP contribution in [0.2, 0.25) is 0 Å². The number of hydrogen-bond donors (Lipinski definition) is 1. The zero-order valence-corrected chi connectivity index (χ0v) is 11.2. The molecule has 3 nitrogen and oxygen atoms in total. The Kier molecular flexibility index (Phi) is 4.97. The topological polar surface area (TPSA) is 52.9 Å². The van der Waals surface area contributed by atoms with Crippen molar-refractivity contribution in [1.82, 2.24) is 5.32 Å². The second-order valence-electron chi connectivity index (χ2n) is 5.15. The van der Waals surface area contributed by atoms with Crippen LogP contribution in [0, 0.1) is 11.3 Å². The van der Waals surface area contributed by atoms with Gasteiger partial charge in [0, 0.05) is 11.6 Å². The molecule has 1 aromatic carbocycles. The third-order valence-electron chi connectivity index (χ3n) is 3.72. The van der Waals surface area contributed by atoms with Gasteiger partial charge in [-0.2, -0.15) is 5.26 Å². The van der Waals surface area contributed by atoms with Crippen LogP contribution in [0.5, 0.6) is 0 Å². The van der Waals surface area contributed by atoms with Crippen LogP contribution in [0.15, 0.2) is 24.3 Å². The van der Waals surface area contributed by atoms with Gasteiger partial charge in [-0.15, -0.1) is 0 Å². The second-order valence-corrected chi connectivity index (χ2v) is 5.15. The van der Waals surface area contributed by atoms with Gasteiger partial charge >= 0.3 is 0 Å². The minimum atomic E-state index is -0.0299. The van der Waals surface area contributed by atoms with Crippen LogP contribution in [-0.2, 0) is 6.42 Å². The van der Waals surface area contributed by atoms with Crippen LogP contribution in [0.3, 0.4) is 0 Å². The van der Waals surface area contributed by atoms with E-state index in [2.05, 4.69) is 11.4 Å². The van der Waals surface area contributed by atoms with Crippen molar-refractivity contribution >= 4 is 5.91 Å². The fourth-order valence-corrected chi connectivity index (χ4v) is 2.67. The molecular weight excluding hydrogens is 236 g/mol. The molecule has 0 saturated heterocycles. The Morgan fingerprint density at radius 2 is 1.89 bits per heavy atom. The molecule has 2 rings (SSSR count). The van der Waals surface area contributed by atoms with Gasteiger partial charge in [0.05, 0.1) is 12.5 Å². The van der Waals surface area contributed by atoms with Crippen LogP contribution in [0.25, 0.3) is 0 Å². The van der Waals surface area contributed by atoms with E-state index in [1.165, 1.54) is 25.7 Å². The first-order chi connectivity index (χ1) is 9.31. The number of hydrogen-bond acceptors (Lipinski definition) is 2. The molecule has 0 bridgehead atoms. The Labute approximate surface area is 114 Å². The fraction of sp³-hybridized carbons (Fsp3) is 0.500. The Hall–Kier alpha value is -1.82. The highest BCUT2D eigenvalue weighted by Gasteiger charge is 2.17. The molecule has 0 atom stereocenters.